The predicted octanol–water partition coefficient (Wildman–Crippen LogP) is 0.769. The van der Waals surface area contributed by atoms with E-state index in [-0.39, 0.29) is 53.4 Å². The van der Waals surface area contributed by atoms with Crippen LogP contribution >= 0.6 is 0 Å². The van der Waals surface area contributed by atoms with Gasteiger partial charge in [-0.05, 0) is 12.1 Å². The van der Waals surface area contributed by atoms with Crippen LogP contribution in [0.5, 0.6) is 0 Å². The van der Waals surface area contributed by atoms with E-state index in [1.165, 1.54) is 19.2 Å². The lowest BCUT2D eigenvalue weighted by Crippen LogP contribution is -2.32. The molecule has 0 atom stereocenters. The number of hydrogen-bond acceptors (Lipinski definition) is 7. The van der Waals surface area contributed by atoms with Gasteiger partial charge in [0.15, 0.2) is 11.6 Å². The number of esters is 1. The summed E-state index contributed by atoms with van der Waals surface area (Å²) >= 11 is 0. The van der Waals surface area contributed by atoms with E-state index in [0.29, 0.717) is 5.56 Å². The maximum Gasteiger partial charge on any atom is 0.325 e. The molecule has 2 aromatic carbocycles. The Balaban J connectivity index is 2.09. The second kappa shape index (κ2) is 8.01. The first-order chi connectivity index (χ1) is 13.5. The van der Waals surface area contributed by atoms with Gasteiger partial charge in [0.25, 0.3) is 5.91 Å². The normalized spacial score (nSPS) is 12.1. The first-order valence-corrected chi connectivity index (χ1v) is 8.54. The number of amides is 1. The molecule has 0 spiro atoms. The molecule has 28 heavy (non-hydrogen) atoms. The molecule has 0 heterocycles. The van der Waals surface area contributed by atoms with Gasteiger partial charge in [-0.2, -0.15) is 0 Å². The van der Waals surface area contributed by atoms with Crippen molar-refractivity contribution in [1.29, 1.82) is 0 Å². The standard InChI is InChI=1S/C20H18N2O6/c1-28-15(24)10-22-20(27)14-7-6-13-16(17(14)21-8-9-23)19(26)12-5-3-2-4-11(12)18(13)25/h2-7,21,23H,8-10H2,1H3,(H,22,27). The Morgan fingerprint density at radius 3 is 2.32 bits per heavy atom. The van der Waals surface area contributed by atoms with Crippen molar-refractivity contribution < 1.29 is 29.0 Å². The van der Waals surface area contributed by atoms with Gasteiger partial charge in [0.05, 0.1) is 30.5 Å². The van der Waals surface area contributed by atoms with Gasteiger partial charge in [-0.25, -0.2) is 0 Å². The topological polar surface area (TPSA) is 122 Å². The highest BCUT2D eigenvalue weighted by Gasteiger charge is 2.33. The third-order valence-corrected chi connectivity index (χ3v) is 4.37. The second-order valence-corrected chi connectivity index (χ2v) is 6.02. The molecule has 0 unspecified atom stereocenters. The van der Waals surface area contributed by atoms with Gasteiger partial charge in [0, 0.05) is 23.2 Å². The Kier molecular flexibility index (Phi) is 5.51. The van der Waals surface area contributed by atoms with E-state index in [2.05, 4.69) is 15.4 Å². The number of hydrogen-bond donors (Lipinski definition) is 3. The zero-order valence-electron chi connectivity index (χ0n) is 15.1. The second-order valence-electron chi connectivity index (χ2n) is 6.02. The number of aliphatic hydroxyl groups excluding tert-OH is 1. The first kappa shape index (κ1) is 19.2. The highest BCUT2D eigenvalue weighted by molar-refractivity contribution is 6.31. The lowest BCUT2D eigenvalue weighted by molar-refractivity contribution is -0.139. The van der Waals surface area contributed by atoms with E-state index in [9.17, 15) is 19.2 Å². The number of ether oxygens (including phenoxy) is 1. The number of aliphatic hydroxyl groups is 1. The minimum atomic E-state index is -0.628. The number of ketones is 2. The van der Waals surface area contributed by atoms with Crippen LogP contribution in [0.2, 0.25) is 0 Å². The number of fused-ring (bicyclic) bond motifs is 2. The van der Waals surface area contributed by atoms with E-state index in [4.69, 9.17) is 5.11 Å². The van der Waals surface area contributed by atoms with E-state index in [1.54, 1.807) is 24.3 Å². The van der Waals surface area contributed by atoms with Crippen LogP contribution in [-0.4, -0.2) is 55.4 Å². The first-order valence-electron chi connectivity index (χ1n) is 8.54. The molecule has 0 saturated heterocycles. The molecule has 0 fully saturated rings. The van der Waals surface area contributed by atoms with Gasteiger partial charge in [-0.3, -0.25) is 19.2 Å². The Morgan fingerprint density at radius 1 is 1.00 bits per heavy atom. The van der Waals surface area contributed by atoms with Crippen molar-refractivity contribution in [1.82, 2.24) is 5.32 Å². The summed E-state index contributed by atoms with van der Waals surface area (Å²) in [7, 11) is 1.20. The van der Waals surface area contributed by atoms with Crippen LogP contribution < -0.4 is 10.6 Å². The Morgan fingerprint density at radius 2 is 1.68 bits per heavy atom. The third-order valence-electron chi connectivity index (χ3n) is 4.37. The van der Waals surface area contributed by atoms with Crippen LogP contribution in [0.15, 0.2) is 36.4 Å². The highest BCUT2D eigenvalue weighted by atomic mass is 16.5. The summed E-state index contributed by atoms with van der Waals surface area (Å²) in [6.07, 6.45) is 0. The average molecular weight is 382 g/mol. The molecule has 0 radical (unpaired) electrons. The minimum Gasteiger partial charge on any atom is -0.468 e. The van der Waals surface area contributed by atoms with Crippen LogP contribution in [0.25, 0.3) is 0 Å². The van der Waals surface area contributed by atoms with E-state index < -0.39 is 17.7 Å². The van der Waals surface area contributed by atoms with Crippen molar-refractivity contribution in [3.05, 3.63) is 64.2 Å². The Hall–Kier alpha value is -3.52. The molecule has 144 valence electrons. The molecule has 0 aromatic heterocycles. The number of benzene rings is 2. The molecule has 0 saturated carbocycles. The average Bonchev–Trinajstić information content (AvgIpc) is 2.73. The minimum absolute atomic E-state index is 0.0663. The summed E-state index contributed by atoms with van der Waals surface area (Å²) in [4.78, 5) is 49.7. The van der Waals surface area contributed by atoms with Crippen LogP contribution in [0.1, 0.15) is 42.2 Å². The van der Waals surface area contributed by atoms with Gasteiger partial charge in [0.2, 0.25) is 0 Å². The lowest BCUT2D eigenvalue weighted by atomic mass is 9.82. The Bertz CT molecular complexity index is 983. The SMILES string of the molecule is COC(=O)CNC(=O)c1ccc2c(c1NCCO)C(=O)c1ccccc1C2=O. The van der Waals surface area contributed by atoms with Gasteiger partial charge in [-0.1, -0.05) is 24.3 Å². The smallest absolute Gasteiger partial charge is 0.325 e. The molecule has 1 aliphatic carbocycles. The predicted molar refractivity (Wildman–Crippen MR) is 99.7 cm³/mol. The molecule has 3 rings (SSSR count). The summed E-state index contributed by atoms with van der Waals surface area (Å²) in [6, 6.07) is 9.29. The fourth-order valence-electron chi connectivity index (χ4n) is 3.06. The molecule has 3 N–H and O–H groups in total. The fraction of sp³-hybridized carbons (Fsp3) is 0.200. The summed E-state index contributed by atoms with van der Waals surface area (Å²) in [6.45, 7) is -0.524. The summed E-state index contributed by atoms with van der Waals surface area (Å²) < 4.78 is 4.49. The van der Waals surface area contributed by atoms with Crippen LogP contribution in [0.3, 0.4) is 0 Å². The van der Waals surface area contributed by atoms with Crippen LogP contribution in [-0.2, 0) is 9.53 Å². The van der Waals surface area contributed by atoms with Crippen molar-refractivity contribution in [2.75, 3.05) is 32.1 Å². The van der Waals surface area contributed by atoms with Gasteiger partial charge in [-0.15, -0.1) is 0 Å². The molecule has 2 aromatic rings. The molecule has 8 nitrogen and oxygen atoms in total. The fourth-order valence-corrected chi connectivity index (χ4v) is 3.06. The maximum atomic E-state index is 13.1. The molecule has 0 bridgehead atoms. The van der Waals surface area contributed by atoms with Crippen molar-refractivity contribution in [3.63, 3.8) is 0 Å². The monoisotopic (exact) mass is 382 g/mol. The third kappa shape index (κ3) is 3.37. The van der Waals surface area contributed by atoms with Gasteiger partial charge >= 0.3 is 5.97 Å². The number of nitrogens with one attached hydrogen (secondary N) is 2. The lowest BCUT2D eigenvalue weighted by Gasteiger charge is -2.22. The van der Waals surface area contributed by atoms with Gasteiger partial charge < -0.3 is 20.5 Å². The van der Waals surface area contributed by atoms with Crippen molar-refractivity contribution >= 4 is 29.1 Å². The maximum absolute atomic E-state index is 13.1. The van der Waals surface area contributed by atoms with Crippen molar-refractivity contribution in [2.24, 2.45) is 0 Å². The van der Waals surface area contributed by atoms with Crippen LogP contribution in [0, 0.1) is 0 Å². The molecule has 0 aliphatic heterocycles. The quantitative estimate of drug-likeness (QED) is 0.538. The summed E-state index contributed by atoms with van der Waals surface area (Å²) in [5.74, 6) is -1.96. The molecule has 8 heteroatoms. The van der Waals surface area contributed by atoms with E-state index in [0.717, 1.165) is 0 Å². The Labute approximate surface area is 160 Å². The number of carbonyl (C=O) groups excluding carboxylic acids is 4. The summed E-state index contributed by atoms with van der Waals surface area (Å²) in [5, 5.41) is 14.4. The van der Waals surface area contributed by atoms with Gasteiger partial charge in [0.1, 0.15) is 6.54 Å². The number of carbonyl (C=O) groups is 4. The zero-order chi connectivity index (χ0) is 20.3. The molecular weight excluding hydrogens is 364 g/mol. The largest absolute Gasteiger partial charge is 0.468 e. The number of methoxy groups -OCH3 is 1. The van der Waals surface area contributed by atoms with Crippen molar-refractivity contribution in [3.8, 4) is 0 Å². The number of anilines is 1. The molecule has 1 amide bonds. The summed E-state index contributed by atoms with van der Waals surface area (Å²) in [5.41, 5.74) is 1.02. The molecular formula is C20H18N2O6. The van der Waals surface area contributed by atoms with E-state index in [1.807, 2.05) is 0 Å². The zero-order valence-corrected chi connectivity index (χ0v) is 15.1. The van der Waals surface area contributed by atoms with Crippen molar-refractivity contribution in [2.45, 2.75) is 0 Å². The van der Waals surface area contributed by atoms with Crippen LogP contribution in [0.4, 0.5) is 5.69 Å². The highest BCUT2D eigenvalue weighted by Crippen LogP contribution is 2.34. The van der Waals surface area contributed by atoms with E-state index >= 15 is 0 Å². The molecule has 1 aliphatic rings. The number of rotatable bonds is 6.